The molecule has 106 valence electrons. The maximum atomic E-state index is 10.8. The first-order valence-corrected chi connectivity index (χ1v) is 5.21. The second-order valence-corrected chi connectivity index (χ2v) is 3.43. The van der Waals surface area contributed by atoms with Crippen LogP contribution >= 0.6 is 0 Å². The Morgan fingerprint density at radius 2 is 2.10 bits per heavy atom. The Morgan fingerprint density at radius 1 is 1.40 bits per heavy atom. The fourth-order valence-corrected chi connectivity index (χ4v) is 1.21. The molecule has 0 aromatic heterocycles. The fraction of sp³-hybridized carbons (Fsp3) is 0.200. The number of ether oxygens (including phenoxy) is 1. The van der Waals surface area contributed by atoms with Crippen molar-refractivity contribution in [2.24, 2.45) is 5.10 Å². The van der Waals surface area contributed by atoms with Gasteiger partial charge in [-0.1, -0.05) is 0 Å². The first-order valence-electron chi connectivity index (χ1n) is 5.21. The first kappa shape index (κ1) is 15.0. The SMILES string of the molecule is COC(=O)CN/N=C/c1ccc([N+](=O)[O-])cc1[N+](=O)[O-]. The van der Waals surface area contributed by atoms with E-state index >= 15 is 0 Å². The second kappa shape index (κ2) is 6.78. The molecule has 0 spiro atoms. The van der Waals surface area contributed by atoms with Gasteiger partial charge in [0.25, 0.3) is 11.4 Å². The maximum Gasteiger partial charge on any atom is 0.326 e. The van der Waals surface area contributed by atoms with Gasteiger partial charge in [0.1, 0.15) is 6.54 Å². The van der Waals surface area contributed by atoms with Gasteiger partial charge in [-0.2, -0.15) is 5.10 Å². The highest BCUT2D eigenvalue weighted by Gasteiger charge is 2.18. The van der Waals surface area contributed by atoms with Gasteiger partial charge in [0.2, 0.25) is 0 Å². The number of non-ortho nitro benzene ring substituents is 1. The maximum absolute atomic E-state index is 10.8. The lowest BCUT2D eigenvalue weighted by Gasteiger charge is -1.99. The van der Waals surface area contributed by atoms with Gasteiger partial charge in [0, 0.05) is 6.07 Å². The van der Waals surface area contributed by atoms with E-state index in [4.69, 9.17) is 0 Å². The number of carbonyl (C=O) groups excluding carboxylic acids is 1. The summed E-state index contributed by atoms with van der Waals surface area (Å²) >= 11 is 0. The molecule has 0 aliphatic rings. The third kappa shape index (κ3) is 4.01. The summed E-state index contributed by atoms with van der Waals surface area (Å²) in [5, 5.41) is 24.9. The number of nitrogens with zero attached hydrogens (tertiary/aromatic N) is 3. The Labute approximate surface area is 112 Å². The minimum Gasteiger partial charge on any atom is -0.468 e. The molecule has 1 aromatic carbocycles. The summed E-state index contributed by atoms with van der Waals surface area (Å²) in [5.74, 6) is -0.555. The lowest BCUT2D eigenvalue weighted by Crippen LogP contribution is -2.19. The minimum atomic E-state index is -0.755. The first-order chi connectivity index (χ1) is 9.45. The summed E-state index contributed by atoms with van der Waals surface area (Å²) in [5.41, 5.74) is 1.55. The van der Waals surface area contributed by atoms with E-state index in [9.17, 15) is 25.0 Å². The van der Waals surface area contributed by atoms with Gasteiger partial charge < -0.3 is 4.74 Å². The van der Waals surface area contributed by atoms with Crippen molar-refractivity contribution >= 4 is 23.6 Å². The molecule has 0 radical (unpaired) electrons. The Kier molecular flexibility index (Phi) is 5.09. The van der Waals surface area contributed by atoms with E-state index < -0.39 is 27.2 Å². The summed E-state index contributed by atoms with van der Waals surface area (Å²) in [4.78, 5) is 30.6. The zero-order valence-corrected chi connectivity index (χ0v) is 10.3. The summed E-state index contributed by atoms with van der Waals surface area (Å²) in [6, 6.07) is 3.15. The number of methoxy groups -OCH3 is 1. The summed E-state index contributed by atoms with van der Waals surface area (Å²) in [6.45, 7) is -0.201. The van der Waals surface area contributed by atoms with Crippen LogP contribution in [0.25, 0.3) is 0 Å². The topological polar surface area (TPSA) is 137 Å². The van der Waals surface area contributed by atoms with Crippen LogP contribution in [0, 0.1) is 20.2 Å². The van der Waals surface area contributed by atoms with E-state index in [2.05, 4.69) is 15.3 Å². The van der Waals surface area contributed by atoms with Crippen molar-refractivity contribution in [1.82, 2.24) is 5.43 Å². The van der Waals surface area contributed by atoms with E-state index in [1.165, 1.54) is 13.2 Å². The number of benzene rings is 1. The monoisotopic (exact) mass is 282 g/mol. The quantitative estimate of drug-likeness (QED) is 0.349. The van der Waals surface area contributed by atoms with Crippen LogP contribution in [-0.2, 0) is 9.53 Å². The zero-order valence-electron chi connectivity index (χ0n) is 10.3. The normalized spacial score (nSPS) is 10.2. The fourth-order valence-electron chi connectivity index (χ4n) is 1.21. The van der Waals surface area contributed by atoms with Gasteiger partial charge in [0.15, 0.2) is 0 Å². The van der Waals surface area contributed by atoms with Crippen LogP contribution in [0.4, 0.5) is 11.4 Å². The molecular weight excluding hydrogens is 272 g/mol. The van der Waals surface area contributed by atoms with Gasteiger partial charge in [-0.3, -0.25) is 30.4 Å². The predicted octanol–water partition coefficient (Wildman–Crippen LogP) is 0.599. The average molecular weight is 282 g/mol. The van der Waals surface area contributed by atoms with Crippen LogP contribution in [0.3, 0.4) is 0 Å². The number of rotatable bonds is 6. The molecule has 1 aromatic rings. The van der Waals surface area contributed by atoms with E-state index in [0.717, 1.165) is 18.3 Å². The molecule has 0 heterocycles. The molecule has 0 bridgehead atoms. The number of hydrogen-bond donors (Lipinski definition) is 1. The zero-order chi connectivity index (χ0) is 15.1. The minimum absolute atomic E-state index is 0.0676. The van der Waals surface area contributed by atoms with Crippen molar-refractivity contribution in [3.05, 3.63) is 44.0 Å². The predicted molar refractivity (Wildman–Crippen MR) is 67.4 cm³/mol. The van der Waals surface area contributed by atoms with Crippen LogP contribution in [0.5, 0.6) is 0 Å². The van der Waals surface area contributed by atoms with Crippen molar-refractivity contribution in [2.45, 2.75) is 0 Å². The molecule has 0 unspecified atom stereocenters. The highest BCUT2D eigenvalue weighted by atomic mass is 16.6. The number of hydrazone groups is 1. The van der Waals surface area contributed by atoms with Crippen LogP contribution < -0.4 is 5.43 Å². The molecule has 10 nitrogen and oxygen atoms in total. The molecule has 0 saturated heterocycles. The molecule has 0 fully saturated rings. The number of nitro benzene ring substituents is 2. The largest absolute Gasteiger partial charge is 0.468 e. The Bertz CT molecular complexity index is 571. The van der Waals surface area contributed by atoms with Gasteiger partial charge in [-0.05, 0) is 6.07 Å². The smallest absolute Gasteiger partial charge is 0.326 e. The van der Waals surface area contributed by atoms with Gasteiger partial charge in [0.05, 0.1) is 34.8 Å². The third-order valence-corrected chi connectivity index (χ3v) is 2.17. The third-order valence-electron chi connectivity index (χ3n) is 2.17. The lowest BCUT2D eigenvalue weighted by atomic mass is 10.2. The Morgan fingerprint density at radius 3 is 2.65 bits per heavy atom. The lowest BCUT2D eigenvalue weighted by molar-refractivity contribution is -0.394. The van der Waals surface area contributed by atoms with E-state index in [1.54, 1.807) is 0 Å². The second-order valence-electron chi connectivity index (χ2n) is 3.43. The number of carbonyl (C=O) groups is 1. The molecular formula is C10H10N4O6. The van der Waals surface area contributed by atoms with Crippen LogP contribution in [0.15, 0.2) is 23.3 Å². The van der Waals surface area contributed by atoms with Crippen molar-refractivity contribution in [3.63, 3.8) is 0 Å². The highest BCUT2D eigenvalue weighted by Crippen LogP contribution is 2.23. The number of nitrogens with one attached hydrogen (secondary N) is 1. The van der Waals surface area contributed by atoms with Gasteiger partial charge >= 0.3 is 5.97 Å². The van der Waals surface area contributed by atoms with Gasteiger partial charge in [-0.15, -0.1) is 0 Å². The Hall–Kier alpha value is -3.04. The van der Waals surface area contributed by atoms with E-state index in [-0.39, 0.29) is 12.1 Å². The molecule has 10 heteroatoms. The van der Waals surface area contributed by atoms with Crippen LogP contribution in [-0.4, -0.2) is 35.7 Å². The number of hydrogen-bond acceptors (Lipinski definition) is 8. The molecule has 0 aliphatic carbocycles. The van der Waals surface area contributed by atoms with Crippen LogP contribution in [0.2, 0.25) is 0 Å². The number of nitro groups is 2. The van der Waals surface area contributed by atoms with Crippen molar-refractivity contribution in [3.8, 4) is 0 Å². The molecule has 0 amide bonds. The highest BCUT2D eigenvalue weighted by molar-refractivity contribution is 5.86. The standard InChI is InChI=1S/C10H10N4O6/c1-20-10(15)6-12-11-5-7-2-3-8(13(16)17)4-9(7)14(18)19/h2-5,12H,6H2,1H3/b11-5+. The molecule has 0 aliphatic heterocycles. The van der Waals surface area contributed by atoms with E-state index in [1.807, 2.05) is 0 Å². The number of esters is 1. The van der Waals surface area contributed by atoms with Crippen molar-refractivity contribution in [2.75, 3.05) is 13.7 Å². The van der Waals surface area contributed by atoms with Crippen molar-refractivity contribution < 1.29 is 19.4 Å². The summed E-state index contributed by atoms with van der Waals surface area (Å²) < 4.78 is 4.35. The van der Waals surface area contributed by atoms with Gasteiger partial charge in [-0.25, -0.2) is 0 Å². The summed E-state index contributed by atoms with van der Waals surface area (Å²) in [6.07, 6.45) is 1.09. The average Bonchev–Trinajstić information content (AvgIpc) is 2.42. The van der Waals surface area contributed by atoms with Crippen LogP contribution in [0.1, 0.15) is 5.56 Å². The summed E-state index contributed by atoms with van der Waals surface area (Å²) in [7, 11) is 1.20. The molecule has 20 heavy (non-hydrogen) atoms. The molecule has 1 N–H and O–H groups in total. The molecule has 0 saturated carbocycles. The molecule has 0 atom stereocenters. The molecule has 1 rings (SSSR count). The Balaban J connectivity index is 2.89. The van der Waals surface area contributed by atoms with E-state index in [0.29, 0.717) is 0 Å². The van der Waals surface area contributed by atoms with Crippen molar-refractivity contribution in [1.29, 1.82) is 0 Å².